The van der Waals surface area contributed by atoms with Gasteiger partial charge in [-0.1, -0.05) is 11.3 Å². The van der Waals surface area contributed by atoms with Gasteiger partial charge < -0.3 is 9.47 Å². The van der Waals surface area contributed by atoms with Crippen molar-refractivity contribution in [1.29, 1.82) is 0 Å². The number of aromatic nitrogens is 2. The highest BCUT2D eigenvalue weighted by Crippen LogP contribution is 2.30. The van der Waals surface area contributed by atoms with Crippen LogP contribution in [0.3, 0.4) is 0 Å². The first-order valence-electron chi connectivity index (χ1n) is 8.02. The lowest BCUT2D eigenvalue weighted by Gasteiger charge is -2.00. The van der Waals surface area contributed by atoms with E-state index >= 15 is 0 Å². The first-order chi connectivity index (χ1) is 13.2. The second-order valence-electron chi connectivity index (χ2n) is 5.57. The number of methoxy groups -OCH3 is 2. The number of amides is 1. The molecule has 0 bridgehead atoms. The summed E-state index contributed by atoms with van der Waals surface area (Å²) < 4.78 is 11.3. The van der Waals surface area contributed by atoms with Crippen LogP contribution in [-0.4, -0.2) is 30.1 Å². The molecule has 0 atom stereocenters. The number of hydrogen-bond acceptors (Lipinski definition) is 7. The molecule has 0 aliphatic heterocycles. The van der Waals surface area contributed by atoms with Gasteiger partial charge in [0.15, 0.2) is 5.13 Å². The number of carbonyl (C=O) groups excluding carboxylic acids is 1. The Bertz CT molecular complexity index is 1100. The Morgan fingerprint density at radius 2 is 1.74 bits per heavy atom. The van der Waals surface area contributed by atoms with Gasteiger partial charge in [-0.05, 0) is 42.5 Å². The molecule has 1 amide bonds. The quantitative estimate of drug-likeness (QED) is 0.529. The van der Waals surface area contributed by atoms with E-state index in [4.69, 9.17) is 9.47 Å². The summed E-state index contributed by atoms with van der Waals surface area (Å²) in [7, 11) is 3.24. The number of nitrogens with one attached hydrogen (secondary N) is 1. The Labute approximate surface area is 163 Å². The van der Waals surface area contributed by atoms with E-state index in [2.05, 4.69) is 15.3 Å². The second-order valence-corrected chi connectivity index (χ2v) is 7.46. The number of thiazole rings is 2. The van der Waals surface area contributed by atoms with Gasteiger partial charge in [0.1, 0.15) is 22.2 Å². The van der Waals surface area contributed by atoms with Crippen molar-refractivity contribution in [2.75, 3.05) is 19.5 Å². The summed E-state index contributed by atoms with van der Waals surface area (Å²) >= 11 is 2.81. The average molecular weight is 397 g/mol. The molecule has 2 aromatic carbocycles. The molecule has 0 saturated heterocycles. The normalized spacial score (nSPS) is 10.7. The zero-order chi connectivity index (χ0) is 18.8. The van der Waals surface area contributed by atoms with Crippen LogP contribution in [0.15, 0.2) is 47.8 Å². The van der Waals surface area contributed by atoms with Gasteiger partial charge in [0.25, 0.3) is 5.91 Å². The molecule has 0 spiro atoms. The standard InChI is InChI=1S/C19H15N3O3S2/c1-24-12-5-3-11(4-6-12)18-20-15(10-26-18)17(23)22-19-21-14-8-7-13(25-2)9-16(14)27-19/h3-10H,1-2H3,(H,21,22,23). The van der Waals surface area contributed by atoms with Crippen LogP contribution < -0.4 is 14.8 Å². The number of anilines is 1. The molecular weight excluding hydrogens is 382 g/mol. The van der Waals surface area contributed by atoms with Crippen LogP contribution in [-0.2, 0) is 0 Å². The largest absolute Gasteiger partial charge is 0.497 e. The first-order valence-corrected chi connectivity index (χ1v) is 9.72. The number of fused-ring (bicyclic) bond motifs is 1. The molecule has 4 aromatic rings. The van der Waals surface area contributed by atoms with Crippen LogP contribution in [0.1, 0.15) is 10.5 Å². The van der Waals surface area contributed by atoms with E-state index in [9.17, 15) is 4.79 Å². The fraction of sp³-hybridized carbons (Fsp3) is 0.105. The number of ether oxygens (including phenoxy) is 2. The van der Waals surface area contributed by atoms with E-state index in [1.165, 1.54) is 22.7 Å². The fourth-order valence-corrected chi connectivity index (χ4v) is 4.19. The monoisotopic (exact) mass is 397 g/mol. The molecule has 4 rings (SSSR count). The molecule has 0 radical (unpaired) electrons. The third-order valence-corrected chi connectivity index (χ3v) is 5.71. The van der Waals surface area contributed by atoms with Gasteiger partial charge in [-0.15, -0.1) is 11.3 Å². The van der Waals surface area contributed by atoms with Crippen molar-refractivity contribution in [1.82, 2.24) is 9.97 Å². The Morgan fingerprint density at radius 1 is 1.00 bits per heavy atom. The SMILES string of the molecule is COc1ccc(-c2nc(C(=O)Nc3nc4ccc(OC)cc4s3)cs2)cc1. The summed E-state index contributed by atoms with van der Waals surface area (Å²) in [5.41, 5.74) is 2.11. The Hall–Kier alpha value is -2.97. The van der Waals surface area contributed by atoms with Gasteiger partial charge in [-0.2, -0.15) is 0 Å². The van der Waals surface area contributed by atoms with Gasteiger partial charge >= 0.3 is 0 Å². The topological polar surface area (TPSA) is 73.3 Å². The highest BCUT2D eigenvalue weighted by molar-refractivity contribution is 7.22. The maximum Gasteiger partial charge on any atom is 0.276 e. The van der Waals surface area contributed by atoms with Crippen molar-refractivity contribution in [3.63, 3.8) is 0 Å². The highest BCUT2D eigenvalue weighted by atomic mass is 32.1. The van der Waals surface area contributed by atoms with Gasteiger partial charge in [0, 0.05) is 10.9 Å². The minimum Gasteiger partial charge on any atom is -0.497 e. The third-order valence-electron chi connectivity index (χ3n) is 3.89. The van der Waals surface area contributed by atoms with Gasteiger partial charge in [0.05, 0.1) is 24.4 Å². The molecule has 2 heterocycles. The lowest BCUT2D eigenvalue weighted by atomic mass is 10.2. The van der Waals surface area contributed by atoms with E-state index in [-0.39, 0.29) is 5.91 Å². The summed E-state index contributed by atoms with van der Waals surface area (Å²) in [4.78, 5) is 21.4. The van der Waals surface area contributed by atoms with E-state index in [1.807, 2.05) is 42.5 Å². The number of carbonyl (C=O) groups is 1. The predicted octanol–water partition coefficient (Wildman–Crippen LogP) is 4.69. The summed E-state index contributed by atoms with van der Waals surface area (Å²) in [5.74, 6) is 1.26. The van der Waals surface area contributed by atoms with Crippen LogP contribution in [0.2, 0.25) is 0 Å². The molecule has 0 saturated carbocycles. The second kappa shape index (κ2) is 7.34. The zero-order valence-electron chi connectivity index (χ0n) is 14.6. The maximum atomic E-state index is 12.5. The molecule has 27 heavy (non-hydrogen) atoms. The molecule has 136 valence electrons. The van der Waals surface area contributed by atoms with E-state index in [0.717, 1.165) is 32.3 Å². The van der Waals surface area contributed by atoms with Crippen molar-refractivity contribution >= 4 is 43.9 Å². The smallest absolute Gasteiger partial charge is 0.276 e. The average Bonchev–Trinajstić information content (AvgIpc) is 3.34. The fourth-order valence-electron chi connectivity index (χ4n) is 2.49. The molecule has 2 aromatic heterocycles. The van der Waals surface area contributed by atoms with Crippen molar-refractivity contribution in [3.8, 4) is 22.1 Å². The minimum absolute atomic E-state index is 0.281. The maximum absolute atomic E-state index is 12.5. The number of nitrogens with zero attached hydrogens (tertiary/aromatic N) is 2. The number of hydrogen-bond donors (Lipinski definition) is 1. The summed E-state index contributed by atoms with van der Waals surface area (Å²) in [6.07, 6.45) is 0. The zero-order valence-corrected chi connectivity index (χ0v) is 16.2. The van der Waals surface area contributed by atoms with Crippen LogP contribution in [0.4, 0.5) is 5.13 Å². The van der Waals surface area contributed by atoms with E-state index in [0.29, 0.717) is 10.8 Å². The molecule has 1 N–H and O–H groups in total. The lowest BCUT2D eigenvalue weighted by molar-refractivity contribution is 0.102. The molecule has 0 unspecified atom stereocenters. The van der Waals surface area contributed by atoms with E-state index < -0.39 is 0 Å². The predicted molar refractivity (Wildman–Crippen MR) is 108 cm³/mol. The number of benzene rings is 2. The molecule has 0 aliphatic carbocycles. The first kappa shape index (κ1) is 17.4. The minimum atomic E-state index is -0.281. The highest BCUT2D eigenvalue weighted by Gasteiger charge is 2.14. The Kier molecular flexibility index (Phi) is 4.74. The molecule has 6 nitrogen and oxygen atoms in total. The van der Waals surface area contributed by atoms with Crippen LogP contribution in [0.25, 0.3) is 20.8 Å². The van der Waals surface area contributed by atoms with Crippen LogP contribution in [0.5, 0.6) is 11.5 Å². The molecule has 0 aliphatic rings. The third kappa shape index (κ3) is 3.62. The van der Waals surface area contributed by atoms with Crippen LogP contribution in [0, 0.1) is 0 Å². The van der Waals surface area contributed by atoms with Crippen molar-refractivity contribution in [2.24, 2.45) is 0 Å². The summed E-state index contributed by atoms with van der Waals surface area (Å²) in [6.45, 7) is 0. The Morgan fingerprint density at radius 3 is 2.48 bits per heavy atom. The Balaban J connectivity index is 1.52. The molecule has 8 heteroatoms. The van der Waals surface area contributed by atoms with Gasteiger partial charge in [-0.3, -0.25) is 10.1 Å². The molecule has 0 fully saturated rings. The van der Waals surface area contributed by atoms with Crippen molar-refractivity contribution < 1.29 is 14.3 Å². The van der Waals surface area contributed by atoms with Gasteiger partial charge in [-0.25, -0.2) is 9.97 Å². The van der Waals surface area contributed by atoms with Crippen LogP contribution >= 0.6 is 22.7 Å². The molecular formula is C19H15N3O3S2. The summed E-state index contributed by atoms with van der Waals surface area (Å²) in [5, 5.41) is 5.87. The van der Waals surface area contributed by atoms with Crippen molar-refractivity contribution in [3.05, 3.63) is 53.5 Å². The number of rotatable bonds is 5. The lowest BCUT2D eigenvalue weighted by Crippen LogP contribution is -2.11. The summed E-state index contributed by atoms with van der Waals surface area (Å²) in [6, 6.07) is 13.2. The van der Waals surface area contributed by atoms with Crippen molar-refractivity contribution in [2.45, 2.75) is 0 Å². The van der Waals surface area contributed by atoms with Gasteiger partial charge in [0.2, 0.25) is 0 Å². The van der Waals surface area contributed by atoms with E-state index in [1.54, 1.807) is 19.6 Å².